The van der Waals surface area contributed by atoms with Crippen molar-refractivity contribution < 1.29 is 13.9 Å². The number of hydrogen-bond acceptors (Lipinski definition) is 8. The molecule has 11 heteroatoms. The zero-order valence-electron chi connectivity index (χ0n) is 25.2. The molecule has 5 aromatic rings. The molecule has 0 bridgehead atoms. The van der Waals surface area contributed by atoms with Gasteiger partial charge >= 0.3 is 0 Å². The minimum atomic E-state index is -0.318. The van der Waals surface area contributed by atoms with Gasteiger partial charge in [0.1, 0.15) is 17.3 Å². The van der Waals surface area contributed by atoms with Crippen LogP contribution in [0.15, 0.2) is 54.9 Å². The van der Waals surface area contributed by atoms with Crippen molar-refractivity contribution in [2.24, 2.45) is 0 Å². The first-order valence-electron chi connectivity index (χ1n) is 14.7. The highest BCUT2D eigenvalue weighted by Gasteiger charge is 2.31. The molecule has 1 aliphatic heterocycles. The maximum atomic E-state index is 14.3. The summed E-state index contributed by atoms with van der Waals surface area (Å²) >= 11 is 0. The molecule has 0 saturated carbocycles. The molecule has 2 atom stereocenters. The molecule has 43 heavy (non-hydrogen) atoms. The number of fused-ring (bicyclic) bond motifs is 1. The minimum Gasteiger partial charge on any atom is -0.497 e. The lowest BCUT2D eigenvalue weighted by molar-refractivity contribution is 0.391. The van der Waals surface area contributed by atoms with Gasteiger partial charge in [0.2, 0.25) is 5.95 Å². The van der Waals surface area contributed by atoms with Gasteiger partial charge in [-0.15, -0.1) is 5.10 Å². The molecule has 224 valence electrons. The van der Waals surface area contributed by atoms with E-state index in [9.17, 15) is 4.39 Å². The number of aromatic nitrogens is 6. The van der Waals surface area contributed by atoms with Gasteiger partial charge in [-0.25, -0.2) is 14.4 Å². The predicted octanol–water partition coefficient (Wildman–Crippen LogP) is 5.86. The smallest absolute Gasteiger partial charge is 0.226 e. The van der Waals surface area contributed by atoms with Crippen LogP contribution in [0, 0.1) is 12.7 Å². The van der Waals surface area contributed by atoms with E-state index in [4.69, 9.17) is 24.5 Å². The lowest BCUT2D eigenvalue weighted by Gasteiger charge is -2.37. The Bertz CT molecular complexity index is 1750. The number of aryl methyl sites for hydroxylation is 2. The SMILES string of the molecule is CCn1cc(N2C[C@@H](c3nc4c(C)c(-c5cccc(F)c5)nc(NCc5ccc(OC)cc5OC)n4n3)CC[C@H]2C)cn1. The van der Waals surface area contributed by atoms with Gasteiger partial charge in [-0.1, -0.05) is 12.1 Å². The van der Waals surface area contributed by atoms with E-state index < -0.39 is 0 Å². The first-order valence-corrected chi connectivity index (χ1v) is 14.7. The van der Waals surface area contributed by atoms with Crippen LogP contribution in [0.1, 0.15) is 49.6 Å². The Balaban J connectivity index is 1.39. The molecule has 0 amide bonds. The number of benzene rings is 2. The van der Waals surface area contributed by atoms with E-state index in [1.807, 2.05) is 42.1 Å². The molecule has 2 aromatic carbocycles. The Labute approximate surface area is 250 Å². The maximum absolute atomic E-state index is 14.3. The van der Waals surface area contributed by atoms with Crippen molar-refractivity contribution in [3.8, 4) is 22.8 Å². The summed E-state index contributed by atoms with van der Waals surface area (Å²) in [5, 5.41) is 13.0. The van der Waals surface area contributed by atoms with E-state index in [1.165, 1.54) is 12.1 Å². The van der Waals surface area contributed by atoms with Crippen LogP contribution in [-0.2, 0) is 13.1 Å². The summed E-state index contributed by atoms with van der Waals surface area (Å²) in [5.41, 5.74) is 4.90. The van der Waals surface area contributed by atoms with Crippen molar-refractivity contribution in [3.05, 3.63) is 77.6 Å². The first kappa shape index (κ1) is 28.4. The summed E-state index contributed by atoms with van der Waals surface area (Å²) in [6.07, 6.45) is 6.04. The molecule has 1 fully saturated rings. The average Bonchev–Trinajstić information content (AvgIpc) is 3.69. The van der Waals surface area contributed by atoms with Crippen LogP contribution in [0.4, 0.5) is 16.0 Å². The summed E-state index contributed by atoms with van der Waals surface area (Å²) in [5.74, 6) is 2.51. The fraction of sp³-hybridized carbons (Fsp3) is 0.375. The topological polar surface area (TPSA) is 94.6 Å². The molecular weight excluding hydrogens is 547 g/mol. The monoisotopic (exact) mass is 584 g/mol. The number of halogens is 1. The third kappa shape index (κ3) is 5.59. The average molecular weight is 585 g/mol. The van der Waals surface area contributed by atoms with E-state index in [1.54, 1.807) is 24.8 Å². The number of anilines is 2. The van der Waals surface area contributed by atoms with Gasteiger partial charge < -0.3 is 19.7 Å². The van der Waals surface area contributed by atoms with Gasteiger partial charge in [-0.2, -0.15) is 9.61 Å². The second-order valence-electron chi connectivity index (χ2n) is 11.0. The summed E-state index contributed by atoms with van der Waals surface area (Å²) < 4.78 is 29.0. The number of nitrogens with one attached hydrogen (secondary N) is 1. The second-order valence-corrected chi connectivity index (χ2v) is 11.0. The van der Waals surface area contributed by atoms with E-state index in [0.29, 0.717) is 46.9 Å². The molecule has 6 rings (SSSR count). The van der Waals surface area contributed by atoms with Crippen LogP contribution in [0.25, 0.3) is 16.9 Å². The molecule has 0 aliphatic carbocycles. The number of methoxy groups -OCH3 is 2. The third-order valence-corrected chi connectivity index (χ3v) is 8.28. The normalized spacial score (nSPS) is 16.9. The van der Waals surface area contributed by atoms with Crippen LogP contribution in [0.5, 0.6) is 11.5 Å². The lowest BCUT2D eigenvalue weighted by atomic mass is 9.92. The van der Waals surface area contributed by atoms with Crippen LogP contribution in [0.2, 0.25) is 0 Å². The minimum absolute atomic E-state index is 0.132. The molecule has 10 nitrogen and oxygen atoms in total. The molecule has 4 heterocycles. The number of rotatable bonds is 9. The molecule has 1 N–H and O–H groups in total. The lowest BCUT2D eigenvalue weighted by Crippen LogP contribution is -2.41. The third-order valence-electron chi connectivity index (χ3n) is 8.28. The molecular formula is C32H37FN8O2. The van der Waals surface area contributed by atoms with Crippen LogP contribution in [0.3, 0.4) is 0 Å². The van der Waals surface area contributed by atoms with Crippen LogP contribution >= 0.6 is 0 Å². The Morgan fingerprint density at radius 1 is 1.07 bits per heavy atom. The van der Waals surface area contributed by atoms with Gasteiger partial charge in [0, 0.05) is 60.5 Å². The van der Waals surface area contributed by atoms with Gasteiger partial charge in [0.15, 0.2) is 11.5 Å². The van der Waals surface area contributed by atoms with Crippen LogP contribution in [-0.4, -0.2) is 56.2 Å². The standard InChI is InChI=1S/C32H37FN8O2/c1-6-39-19-26(17-35-39)40-18-24(11-10-20(40)2)30-37-31-21(3)29(22-8-7-9-25(33)14-22)36-32(41(31)38-30)34-16-23-12-13-27(42-4)15-28(23)43-5/h7-9,12-15,17,19-20,24H,6,10-11,16,18H2,1-5H3,(H,34,36)/t20-,24+/m1/s1. The van der Waals surface area contributed by atoms with Crippen molar-refractivity contribution in [1.82, 2.24) is 29.4 Å². The molecule has 0 spiro atoms. The predicted molar refractivity (Wildman–Crippen MR) is 164 cm³/mol. The molecule has 0 unspecified atom stereocenters. The Hall–Kier alpha value is -4.67. The van der Waals surface area contributed by atoms with Crippen LogP contribution < -0.4 is 19.7 Å². The number of piperidine rings is 1. The molecule has 1 aliphatic rings. The zero-order chi connectivity index (χ0) is 30.1. The highest BCUT2D eigenvalue weighted by atomic mass is 19.1. The Morgan fingerprint density at radius 2 is 1.93 bits per heavy atom. The zero-order valence-corrected chi connectivity index (χ0v) is 25.2. The van der Waals surface area contributed by atoms with Crippen molar-refractivity contribution in [2.75, 3.05) is 31.0 Å². The highest BCUT2D eigenvalue weighted by molar-refractivity contribution is 5.71. The molecule has 3 aromatic heterocycles. The summed E-state index contributed by atoms with van der Waals surface area (Å²) in [7, 11) is 3.26. The first-order chi connectivity index (χ1) is 20.9. The molecule has 1 saturated heterocycles. The number of nitrogens with zero attached hydrogens (tertiary/aromatic N) is 7. The van der Waals surface area contributed by atoms with Crippen molar-refractivity contribution >= 4 is 17.3 Å². The van der Waals surface area contributed by atoms with E-state index >= 15 is 0 Å². The summed E-state index contributed by atoms with van der Waals surface area (Å²) in [4.78, 5) is 12.4. The number of ether oxygens (including phenoxy) is 2. The van der Waals surface area contributed by atoms with Gasteiger partial charge in [-0.3, -0.25) is 4.68 Å². The maximum Gasteiger partial charge on any atom is 0.226 e. The Kier molecular flexibility index (Phi) is 7.88. The largest absolute Gasteiger partial charge is 0.497 e. The quantitative estimate of drug-likeness (QED) is 0.230. The molecule has 0 radical (unpaired) electrons. The highest BCUT2D eigenvalue weighted by Crippen LogP contribution is 2.34. The van der Waals surface area contributed by atoms with E-state index in [0.717, 1.165) is 48.6 Å². The van der Waals surface area contributed by atoms with Gasteiger partial charge in [0.05, 0.1) is 31.8 Å². The van der Waals surface area contributed by atoms with Crippen molar-refractivity contribution in [1.29, 1.82) is 0 Å². The number of hydrogen-bond donors (Lipinski definition) is 1. The summed E-state index contributed by atoms with van der Waals surface area (Å²) in [6.45, 7) is 8.36. The van der Waals surface area contributed by atoms with Gasteiger partial charge in [-0.05, 0) is 57.9 Å². The van der Waals surface area contributed by atoms with E-state index in [2.05, 4.69) is 35.4 Å². The summed E-state index contributed by atoms with van der Waals surface area (Å²) in [6, 6.07) is 12.6. The fourth-order valence-electron chi connectivity index (χ4n) is 5.79. The van der Waals surface area contributed by atoms with Crippen molar-refractivity contribution in [2.45, 2.75) is 58.7 Å². The van der Waals surface area contributed by atoms with Gasteiger partial charge in [0.25, 0.3) is 0 Å². The fourth-order valence-corrected chi connectivity index (χ4v) is 5.79. The van der Waals surface area contributed by atoms with E-state index in [-0.39, 0.29) is 11.7 Å². The second kappa shape index (κ2) is 11.9. The Morgan fingerprint density at radius 3 is 2.67 bits per heavy atom. The van der Waals surface area contributed by atoms with Crippen molar-refractivity contribution in [3.63, 3.8) is 0 Å².